The molecule has 2 atom stereocenters. The second-order valence-electron chi connectivity index (χ2n) is 10.0. The molecule has 1 aromatic carbocycles. The van der Waals surface area contributed by atoms with Gasteiger partial charge in [-0.25, -0.2) is 0 Å². The van der Waals surface area contributed by atoms with Gasteiger partial charge in [0.15, 0.2) is 0 Å². The summed E-state index contributed by atoms with van der Waals surface area (Å²) >= 11 is 3.55. The molecule has 0 radical (unpaired) electrons. The van der Waals surface area contributed by atoms with Crippen molar-refractivity contribution in [3.63, 3.8) is 0 Å². The van der Waals surface area contributed by atoms with Crippen LogP contribution in [0.4, 0.5) is 0 Å². The van der Waals surface area contributed by atoms with Gasteiger partial charge in [0.25, 0.3) is 5.91 Å². The molecule has 0 unspecified atom stereocenters. The van der Waals surface area contributed by atoms with Gasteiger partial charge in [-0.15, -0.1) is 0 Å². The number of hydrogen-bond acceptors (Lipinski definition) is 6. The van der Waals surface area contributed by atoms with E-state index in [1.165, 1.54) is 0 Å². The van der Waals surface area contributed by atoms with Gasteiger partial charge in [-0.05, 0) is 52.2 Å². The van der Waals surface area contributed by atoms with Crippen LogP contribution < -0.4 is 10.5 Å². The van der Waals surface area contributed by atoms with Crippen LogP contribution in [0, 0.1) is 6.92 Å². The Balaban J connectivity index is 1.32. The van der Waals surface area contributed by atoms with E-state index in [-0.39, 0.29) is 42.4 Å². The van der Waals surface area contributed by atoms with Crippen LogP contribution in [0.3, 0.4) is 0 Å². The van der Waals surface area contributed by atoms with E-state index in [0.29, 0.717) is 26.2 Å². The fourth-order valence-corrected chi connectivity index (χ4v) is 5.56. The van der Waals surface area contributed by atoms with Gasteiger partial charge in [0.05, 0.1) is 12.2 Å². The van der Waals surface area contributed by atoms with E-state index in [2.05, 4.69) is 20.9 Å². The van der Waals surface area contributed by atoms with Crippen LogP contribution in [0.25, 0.3) is 0 Å². The Morgan fingerprint density at radius 1 is 1.14 bits per heavy atom. The van der Waals surface area contributed by atoms with Gasteiger partial charge in [-0.3, -0.25) is 14.6 Å². The molecule has 3 fully saturated rings. The largest absolute Gasteiger partial charge is 0.490 e. The van der Waals surface area contributed by atoms with Gasteiger partial charge in [-0.2, -0.15) is 0 Å². The number of ether oxygens (including phenoxy) is 2. The van der Waals surface area contributed by atoms with Crippen molar-refractivity contribution in [2.24, 2.45) is 10.7 Å². The molecule has 1 aromatic rings. The summed E-state index contributed by atoms with van der Waals surface area (Å²) in [6.07, 6.45) is 4.00. The molecule has 8 nitrogen and oxygen atoms in total. The second-order valence-corrected chi connectivity index (χ2v) is 10.9. The van der Waals surface area contributed by atoms with Gasteiger partial charge in [0.1, 0.15) is 24.1 Å². The summed E-state index contributed by atoms with van der Waals surface area (Å²) in [4.78, 5) is 34.2. The molecule has 2 heterocycles. The maximum absolute atomic E-state index is 13.1. The highest BCUT2D eigenvalue weighted by molar-refractivity contribution is 9.10. The number of hydrogen-bond donors (Lipinski definition) is 1. The number of halogens is 1. The van der Waals surface area contributed by atoms with Crippen molar-refractivity contribution in [2.75, 3.05) is 32.7 Å². The van der Waals surface area contributed by atoms with Crippen LogP contribution in [-0.2, 0) is 14.3 Å². The average Bonchev–Trinajstić information content (AvgIpc) is 3.33. The Labute approximate surface area is 222 Å². The number of morpholine rings is 1. The van der Waals surface area contributed by atoms with E-state index in [1.807, 2.05) is 43.9 Å². The zero-order valence-corrected chi connectivity index (χ0v) is 23.1. The first-order valence-corrected chi connectivity index (χ1v) is 13.7. The van der Waals surface area contributed by atoms with Crippen molar-refractivity contribution >= 4 is 33.5 Å². The maximum Gasteiger partial charge on any atom is 0.270 e. The van der Waals surface area contributed by atoms with Crippen molar-refractivity contribution in [1.29, 1.82) is 0 Å². The van der Waals surface area contributed by atoms with Crippen LogP contribution in [0.1, 0.15) is 51.5 Å². The SMILES string of the molecule is Cc1c(Br)cccc1OC1CCN(C(=O)CN=C2CCCC2=C(N)C(=O)N2C[C@@H](C)O[C@@H](C)C2)CC1. The number of nitrogens with two attached hydrogens (primary N) is 1. The fraction of sp³-hybridized carbons (Fsp3) is 0.593. The lowest BCUT2D eigenvalue weighted by atomic mass is 10.1. The molecule has 196 valence electrons. The average molecular weight is 562 g/mol. The highest BCUT2D eigenvalue weighted by Crippen LogP contribution is 2.28. The van der Waals surface area contributed by atoms with Crippen molar-refractivity contribution in [3.8, 4) is 5.75 Å². The number of aliphatic imine (C=N–C) groups is 1. The third-order valence-electron chi connectivity index (χ3n) is 7.16. The molecule has 2 N–H and O–H groups in total. The predicted molar refractivity (Wildman–Crippen MR) is 143 cm³/mol. The maximum atomic E-state index is 13.1. The van der Waals surface area contributed by atoms with E-state index in [1.54, 1.807) is 4.90 Å². The van der Waals surface area contributed by atoms with Crippen molar-refractivity contribution in [2.45, 2.75) is 71.2 Å². The van der Waals surface area contributed by atoms with E-state index < -0.39 is 0 Å². The summed E-state index contributed by atoms with van der Waals surface area (Å²) < 4.78 is 13.0. The van der Waals surface area contributed by atoms with Crippen molar-refractivity contribution in [3.05, 3.63) is 39.5 Å². The molecule has 1 saturated carbocycles. The number of piperidine rings is 1. The van der Waals surface area contributed by atoms with Gasteiger partial charge >= 0.3 is 0 Å². The molecule has 2 saturated heterocycles. The second kappa shape index (κ2) is 11.8. The molecule has 3 aliphatic rings. The topological polar surface area (TPSA) is 97.5 Å². The smallest absolute Gasteiger partial charge is 0.270 e. The number of amides is 2. The molecule has 1 aliphatic carbocycles. The Morgan fingerprint density at radius 2 is 1.83 bits per heavy atom. The lowest BCUT2D eigenvalue weighted by molar-refractivity contribution is -0.139. The Bertz CT molecular complexity index is 1040. The van der Waals surface area contributed by atoms with E-state index in [4.69, 9.17) is 15.2 Å². The summed E-state index contributed by atoms with van der Waals surface area (Å²) in [6.45, 7) is 8.41. The molecule has 36 heavy (non-hydrogen) atoms. The summed E-state index contributed by atoms with van der Waals surface area (Å²) in [5.41, 5.74) is 9.29. The molecule has 2 aliphatic heterocycles. The number of rotatable bonds is 5. The molecule has 0 bridgehead atoms. The molecular weight excluding hydrogens is 524 g/mol. The first-order chi connectivity index (χ1) is 17.2. The standard InChI is InChI=1S/C27H37BrN4O4/c1-17-15-32(16-18(2)35-17)27(34)26(29)21-6-4-8-23(21)30-14-25(33)31-12-10-20(11-13-31)36-24-9-5-7-22(28)19(24)3/h5,7,9,17-18,20H,4,6,8,10-16,29H2,1-3H3/t17-,18+. The van der Waals surface area contributed by atoms with E-state index >= 15 is 0 Å². The highest BCUT2D eigenvalue weighted by Gasteiger charge is 2.30. The van der Waals surface area contributed by atoms with Crippen LogP contribution in [0.2, 0.25) is 0 Å². The molecule has 9 heteroatoms. The summed E-state index contributed by atoms with van der Waals surface area (Å²) in [6, 6.07) is 5.96. The zero-order chi connectivity index (χ0) is 25.8. The number of carbonyl (C=O) groups excluding carboxylic acids is 2. The predicted octanol–water partition coefficient (Wildman–Crippen LogP) is 3.60. The summed E-state index contributed by atoms with van der Waals surface area (Å²) in [5, 5.41) is 0. The summed E-state index contributed by atoms with van der Waals surface area (Å²) in [7, 11) is 0. The first-order valence-electron chi connectivity index (χ1n) is 12.9. The van der Waals surface area contributed by atoms with E-state index in [0.717, 1.165) is 59.2 Å². The molecule has 0 aromatic heterocycles. The number of nitrogens with zero attached hydrogens (tertiary/aromatic N) is 3. The lowest BCUT2D eigenvalue weighted by Gasteiger charge is -2.35. The number of carbonyl (C=O) groups is 2. The minimum Gasteiger partial charge on any atom is -0.490 e. The number of likely N-dealkylation sites (tertiary alicyclic amines) is 1. The normalized spacial score (nSPS) is 25.8. The highest BCUT2D eigenvalue weighted by atomic mass is 79.9. The van der Waals surface area contributed by atoms with Crippen LogP contribution in [0.5, 0.6) is 5.75 Å². The third-order valence-corrected chi connectivity index (χ3v) is 8.02. The Kier molecular flexibility index (Phi) is 8.72. The van der Waals surface area contributed by atoms with Gasteiger partial charge in [0.2, 0.25) is 5.91 Å². The molecular formula is C27H37BrN4O4. The zero-order valence-electron chi connectivity index (χ0n) is 21.5. The minimum atomic E-state index is -0.157. The summed E-state index contributed by atoms with van der Waals surface area (Å²) in [5.74, 6) is 0.733. The lowest BCUT2D eigenvalue weighted by Crippen LogP contribution is -2.49. The minimum absolute atomic E-state index is 0.00608. The number of allylic oxidation sites excluding steroid dienone is 1. The van der Waals surface area contributed by atoms with Crippen molar-refractivity contribution in [1.82, 2.24) is 9.80 Å². The van der Waals surface area contributed by atoms with Crippen LogP contribution in [-0.4, -0.2) is 78.4 Å². The van der Waals surface area contributed by atoms with Gasteiger partial charge in [-0.1, -0.05) is 22.0 Å². The first kappa shape index (κ1) is 26.7. The van der Waals surface area contributed by atoms with Crippen LogP contribution in [0.15, 0.2) is 38.9 Å². The van der Waals surface area contributed by atoms with Gasteiger partial charge in [0, 0.05) is 60.3 Å². The quantitative estimate of drug-likeness (QED) is 0.555. The molecule has 2 amide bonds. The Hall–Kier alpha value is -2.39. The van der Waals surface area contributed by atoms with Gasteiger partial charge < -0.3 is 25.0 Å². The van der Waals surface area contributed by atoms with Crippen molar-refractivity contribution < 1.29 is 19.1 Å². The van der Waals surface area contributed by atoms with E-state index in [9.17, 15) is 9.59 Å². The molecule has 0 spiro atoms. The number of benzene rings is 1. The Morgan fingerprint density at radius 3 is 2.53 bits per heavy atom. The third kappa shape index (κ3) is 6.29. The monoisotopic (exact) mass is 560 g/mol. The van der Waals surface area contributed by atoms with Crippen LogP contribution >= 0.6 is 15.9 Å². The molecule has 4 rings (SSSR count). The fourth-order valence-electron chi connectivity index (χ4n) is 5.22.